The van der Waals surface area contributed by atoms with Crippen LogP contribution < -0.4 is 14.8 Å². The summed E-state index contributed by atoms with van der Waals surface area (Å²) in [5.74, 6) is 0.525. The average molecular weight is 492 g/mol. The summed E-state index contributed by atoms with van der Waals surface area (Å²) in [5.41, 5.74) is 4.46. The van der Waals surface area contributed by atoms with Crippen molar-refractivity contribution in [2.75, 3.05) is 26.1 Å². The van der Waals surface area contributed by atoms with E-state index in [2.05, 4.69) is 5.32 Å². The molecule has 0 unspecified atom stereocenters. The first-order valence-corrected chi connectivity index (χ1v) is 11.8. The minimum Gasteiger partial charge on any atom is -0.497 e. The van der Waals surface area contributed by atoms with Crippen LogP contribution in [0, 0.1) is 0 Å². The fourth-order valence-corrected chi connectivity index (χ4v) is 4.50. The Bertz CT molecular complexity index is 1400. The van der Waals surface area contributed by atoms with Gasteiger partial charge in [0.2, 0.25) is 5.91 Å². The first-order chi connectivity index (χ1) is 16.9. The Kier molecular flexibility index (Phi) is 7.22. The Morgan fingerprint density at radius 1 is 1.11 bits per heavy atom. The van der Waals surface area contributed by atoms with Crippen molar-refractivity contribution in [3.63, 3.8) is 0 Å². The van der Waals surface area contributed by atoms with Crippen LogP contribution in [0.15, 0.2) is 64.6 Å². The van der Waals surface area contributed by atoms with E-state index in [9.17, 15) is 9.59 Å². The van der Waals surface area contributed by atoms with E-state index in [0.29, 0.717) is 34.1 Å². The summed E-state index contributed by atoms with van der Waals surface area (Å²) in [6.07, 6.45) is 3.19. The summed E-state index contributed by atoms with van der Waals surface area (Å²) in [5, 5.41) is 5.38. The first-order valence-electron chi connectivity index (χ1n) is 10.9. The molecule has 0 fully saturated rings. The molecule has 4 rings (SSSR count). The van der Waals surface area contributed by atoms with E-state index < -0.39 is 5.97 Å². The number of hydrogen-bond acceptors (Lipinski definition) is 7. The van der Waals surface area contributed by atoms with Gasteiger partial charge in [-0.25, -0.2) is 4.79 Å². The third-order valence-corrected chi connectivity index (χ3v) is 6.34. The van der Waals surface area contributed by atoms with Gasteiger partial charge in [0.05, 0.1) is 32.8 Å². The molecule has 0 aliphatic heterocycles. The Morgan fingerprint density at radius 2 is 1.89 bits per heavy atom. The summed E-state index contributed by atoms with van der Waals surface area (Å²) in [6, 6.07) is 13.2. The Balaban J connectivity index is 1.70. The lowest BCUT2D eigenvalue weighted by atomic mass is 9.99. The van der Waals surface area contributed by atoms with Crippen molar-refractivity contribution in [2.45, 2.75) is 13.8 Å². The number of benzene rings is 2. The van der Waals surface area contributed by atoms with Gasteiger partial charge >= 0.3 is 5.97 Å². The molecule has 1 N–H and O–H groups in total. The van der Waals surface area contributed by atoms with E-state index >= 15 is 0 Å². The van der Waals surface area contributed by atoms with Crippen LogP contribution >= 0.6 is 11.3 Å². The maximum Gasteiger partial charge on any atom is 0.350 e. The predicted molar refractivity (Wildman–Crippen MR) is 137 cm³/mol. The second-order valence-corrected chi connectivity index (χ2v) is 8.54. The Labute approximate surface area is 206 Å². The van der Waals surface area contributed by atoms with Crippen molar-refractivity contribution in [1.29, 1.82) is 0 Å². The molecule has 0 aliphatic carbocycles. The minimum absolute atomic E-state index is 0.339. The molecule has 7 nitrogen and oxygen atoms in total. The Hall–Kier alpha value is -4.04. The van der Waals surface area contributed by atoms with Crippen molar-refractivity contribution >= 4 is 45.4 Å². The molecule has 0 spiro atoms. The van der Waals surface area contributed by atoms with Crippen LogP contribution in [0.25, 0.3) is 27.7 Å². The van der Waals surface area contributed by atoms with Crippen molar-refractivity contribution in [3.8, 4) is 22.6 Å². The number of fused-ring (bicyclic) bond motifs is 1. The first kappa shape index (κ1) is 24.1. The maximum absolute atomic E-state index is 12.8. The molecular formula is C27H25NO6S. The molecule has 0 bridgehead atoms. The fraction of sp³-hybridized carbons (Fsp3) is 0.185. The van der Waals surface area contributed by atoms with Gasteiger partial charge in [-0.15, -0.1) is 11.3 Å². The van der Waals surface area contributed by atoms with E-state index in [0.717, 1.165) is 27.8 Å². The van der Waals surface area contributed by atoms with Crippen LogP contribution in [-0.4, -0.2) is 32.7 Å². The van der Waals surface area contributed by atoms with E-state index in [1.165, 1.54) is 24.5 Å². The predicted octanol–water partition coefficient (Wildman–Crippen LogP) is 6.40. The summed E-state index contributed by atoms with van der Waals surface area (Å²) >= 11 is 1.20. The van der Waals surface area contributed by atoms with Gasteiger partial charge < -0.3 is 23.9 Å². The monoisotopic (exact) mass is 491 g/mol. The van der Waals surface area contributed by atoms with Crippen LogP contribution in [0.4, 0.5) is 5.69 Å². The number of carbonyl (C=O) groups excluding carboxylic acids is 2. The molecule has 0 saturated heterocycles. The second-order valence-electron chi connectivity index (χ2n) is 7.63. The maximum atomic E-state index is 12.8. The summed E-state index contributed by atoms with van der Waals surface area (Å²) in [4.78, 5) is 25.0. The molecule has 4 aromatic rings. The molecule has 2 heterocycles. The number of carbonyl (C=O) groups is 2. The number of methoxy groups -OCH3 is 2. The van der Waals surface area contributed by atoms with E-state index in [-0.39, 0.29) is 5.91 Å². The van der Waals surface area contributed by atoms with Crippen molar-refractivity contribution in [3.05, 3.63) is 70.6 Å². The smallest absolute Gasteiger partial charge is 0.350 e. The SMILES string of the molecule is CCOc1cc2occ(-c3ccc(OC)cc3)c2cc1/C(C)=C/C(=O)Nc1ccsc1C(=O)OC. The lowest BCUT2D eigenvalue weighted by Crippen LogP contribution is -2.11. The van der Waals surface area contributed by atoms with Gasteiger partial charge in [0.25, 0.3) is 0 Å². The molecule has 2 aromatic carbocycles. The van der Waals surface area contributed by atoms with E-state index in [4.69, 9.17) is 18.6 Å². The summed E-state index contributed by atoms with van der Waals surface area (Å²) < 4.78 is 21.7. The number of ether oxygens (including phenoxy) is 3. The number of amides is 1. The van der Waals surface area contributed by atoms with Crippen LogP contribution in [0.5, 0.6) is 11.5 Å². The molecular weight excluding hydrogens is 466 g/mol. The standard InChI is InChI=1S/C27H25NO6S/c1-5-33-23-14-24-20(21(15-34-24)17-6-8-18(31-3)9-7-17)13-19(23)16(2)12-25(29)28-22-10-11-35-26(22)27(30)32-4/h6-15H,5H2,1-4H3,(H,28,29)/b16-12+. The molecule has 2 aromatic heterocycles. The van der Waals surface area contributed by atoms with E-state index in [1.807, 2.05) is 50.2 Å². The van der Waals surface area contributed by atoms with Crippen molar-refractivity contribution in [1.82, 2.24) is 0 Å². The molecule has 0 saturated carbocycles. The molecule has 0 atom stereocenters. The number of furan rings is 1. The van der Waals surface area contributed by atoms with Gasteiger partial charge in [-0.05, 0) is 54.6 Å². The minimum atomic E-state index is -0.494. The molecule has 0 aliphatic rings. The highest BCUT2D eigenvalue weighted by atomic mass is 32.1. The number of anilines is 1. The van der Waals surface area contributed by atoms with Crippen LogP contribution in [-0.2, 0) is 9.53 Å². The topological polar surface area (TPSA) is 87.0 Å². The van der Waals surface area contributed by atoms with Crippen LogP contribution in [0.2, 0.25) is 0 Å². The largest absolute Gasteiger partial charge is 0.497 e. The van der Waals surface area contributed by atoms with Gasteiger partial charge in [0.1, 0.15) is 22.0 Å². The zero-order chi connectivity index (χ0) is 24.9. The van der Waals surface area contributed by atoms with Crippen molar-refractivity contribution < 1.29 is 28.2 Å². The van der Waals surface area contributed by atoms with Crippen LogP contribution in [0.1, 0.15) is 29.1 Å². The number of esters is 1. The fourth-order valence-electron chi connectivity index (χ4n) is 3.73. The average Bonchev–Trinajstić information content (AvgIpc) is 3.49. The number of rotatable bonds is 8. The summed E-state index contributed by atoms with van der Waals surface area (Å²) in [6.45, 7) is 4.20. The van der Waals surface area contributed by atoms with E-state index in [1.54, 1.807) is 24.8 Å². The van der Waals surface area contributed by atoms with Gasteiger partial charge in [-0.3, -0.25) is 4.79 Å². The zero-order valence-corrected chi connectivity index (χ0v) is 20.7. The second kappa shape index (κ2) is 10.5. The third-order valence-electron chi connectivity index (χ3n) is 5.44. The molecule has 8 heteroatoms. The normalized spacial score (nSPS) is 11.4. The highest BCUT2D eigenvalue weighted by Gasteiger charge is 2.17. The van der Waals surface area contributed by atoms with Gasteiger partial charge in [0, 0.05) is 28.7 Å². The molecule has 1 amide bonds. The Morgan fingerprint density at radius 3 is 2.57 bits per heavy atom. The lowest BCUT2D eigenvalue weighted by Gasteiger charge is -2.12. The molecule has 35 heavy (non-hydrogen) atoms. The number of thiophene rings is 1. The lowest BCUT2D eigenvalue weighted by molar-refractivity contribution is -0.111. The number of hydrogen-bond donors (Lipinski definition) is 1. The highest BCUT2D eigenvalue weighted by Crippen LogP contribution is 2.38. The van der Waals surface area contributed by atoms with Gasteiger partial charge in [-0.2, -0.15) is 0 Å². The highest BCUT2D eigenvalue weighted by molar-refractivity contribution is 7.12. The van der Waals surface area contributed by atoms with Crippen molar-refractivity contribution in [2.24, 2.45) is 0 Å². The zero-order valence-electron chi connectivity index (χ0n) is 19.8. The number of nitrogens with one attached hydrogen (secondary N) is 1. The summed E-state index contributed by atoms with van der Waals surface area (Å²) in [7, 11) is 2.93. The molecule has 180 valence electrons. The van der Waals surface area contributed by atoms with Gasteiger partial charge in [-0.1, -0.05) is 12.1 Å². The molecule has 0 radical (unpaired) electrons. The van der Waals surface area contributed by atoms with Gasteiger partial charge in [0.15, 0.2) is 0 Å². The number of allylic oxidation sites excluding steroid dienone is 1. The van der Waals surface area contributed by atoms with Crippen LogP contribution in [0.3, 0.4) is 0 Å². The third kappa shape index (κ3) is 5.07. The quantitative estimate of drug-likeness (QED) is 0.227.